The summed E-state index contributed by atoms with van der Waals surface area (Å²) in [6.45, 7) is 0. The third kappa shape index (κ3) is 3.43. The van der Waals surface area contributed by atoms with E-state index < -0.39 is 16.0 Å². The van der Waals surface area contributed by atoms with E-state index in [0.717, 1.165) is 0 Å². The van der Waals surface area contributed by atoms with E-state index >= 15 is 0 Å². The topological polar surface area (TPSA) is 92.7 Å². The van der Waals surface area contributed by atoms with E-state index in [1.807, 2.05) is 0 Å². The molecule has 0 spiro atoms. The van der Waals surface area contributed by atoms with E-state index in [1.165, 1.54) is 32.4 Å². The Morgan fingerprint density at radius 3 is 2.59 bits per heavy atom. The summed E-state index contributed by atoms with van der Waals surface area (Å²) in [5.41, 5.74) is 0.328. The van der Waals surface area contributed by atoms with Crippen molar-refractivity contribution in [2.45, 2.75) is 5.75 Å². The van der Waals surface area contributed by atoms with Gasteiger partial charge in [-0.25, -0.2) is 17.9 Å². The van der Waals surface area contributed by atoms with Crippen molar-refractivity contribution in [3.8, 4) is 5.75 Å². The Kier molecular flexibility index (Phi) is 4.08. The van der Waals surface area contributed by atoms with E-state index in [-0.39, 0.29) is 17.1 Å². The molecule has 0 aliphatic heterocycles. The Hall–Kier alpha value is -1.60. The molecule has 0 saturated heterocycles. The van der Waals surface area contributed by atoms with Crippen molar-refractivity contribution in [2.24, 2.45) is 0 Å². The van der Waals surface area contributed by atoms with Crippen LogP contribution in [-0.4, -0.2) is 33.7 Å². The van der Waals surface area contributed by atoms with Gasteiger partial charge in [-0.1, -0.05) is 6.07 Å². The van der Waals surface area contributed by atoms with E-state index in [2.05, 4.69) is 4.72 Å². The Bertz CT molecular complexity index is 523. The number of hydrogen-bond donors (Lipinski definition) is 2. The van der Waals surface area contributed by atoms with Crippen LogP contribution in [0.15, 0.2) is 18.2 Å². The number of methoxy groups -OCH3 is 1. The molecule has 0 bridgehead atoms. The second kappa shape index (κ2) is 5.15. The highest BCUT2D eigenvalue weighted by atomic mass is 32.2. The molecule has 6 nitrogen and oxygen atoms in total. The zero-order valence-electron chi connectivity index (χ0n) is 9.43. The van der Waals surface area contributed by atoms with E-state index in [9.17, 15) is 13.2 Å². The summed E-state index contributed by atoms with van der Waals surface area (Å²) in [5, 5.41) is 8.93. The third-order valence-corrected chi connectivity index (χ3v) is 3.50. The SMILES string of the molecule is CNS(=O)(=O)Cc1ccc(OC)c(C(=O)O)c1. The minimum Gasteiger partial charge on any atom is -0.496 e. The largest absolute Gasteiger partial charge is 0.496 e. The van der Waals surface area contributed by atoms with Gasteiger partial charge in [-0.05, 0) is 24.7 Å². The highest BCUT2D eigenvalue weighted by Crippen LogP contribution is 2.20. The van der Waals surface area contributed by atoms with Crippen LogP contribution >= 0.6 is 0 Å². The first kappa shape index (κ1) is 13.5. The molecule has 0 aliphatic carbocycles. The van der Waals surface area contributed by atoms with Gasteiger partial charge in [0.05, 0.1) is 12.9 Å². The maximum atomic E-state index is 11.3. The molecule has 0 aromatic heterocycles. The Balaban J connectivity index is 3.13. The quantitative estimate of drug-likeness (QED) is 0.800. The predicted octanol–water partition coefficient (Wildman–Crippen LogP) is 0.443. The van der Waals surface area contributed by atoms with Crippen LogP contribution in [-0.2, 0) is 15.8 Å². The lowest BCUT2D eigenvalue weighted by Gasteiger charge is -2.07. The first-order valence-corrected chi connectivity index (χ1v) is 6.36. The Morgan fingerprint density at radius 2 is 2.12 bits per heavy atom. The van der Waals surface area contributed by atoms with Crippen molar-refractivity contribution in [3.63, 3.8) is 0 Å². The molecule has 2 N–H and O–H groups in total. The van der Waals surface area contributed by atoms with Gasteiger partial charge in [0.2, 0.25) is 10.0 Å². The highest BCUT2D eigenvalue weighted by molar-refractivity contribution is 7.88. The average Bonchev–Trinajstić information content (AvgIpc) is 2.28. The summed E-state index contributed by atoms with van der Waals surface area (Å²) in [7, 11) is -0.763. The van der Waals surface area contributed by atoms with Crippen LogP contribution in [0.2, 0.25) is 0 Å². The van der Waals surface area contributed by atoms with Crippen molar-refractivity contribution in [1.29, 1.82) is 0 Å². The van der Waals surface area contributed by atoms with Crippen LogP contribution in [0, 0.1) is 0 Å². The monoisotopic (exact) mass is 259 g/mol. The van der Waals surface area contributed by atoms with Crippen LogP contribution in [0.5, 0.6) is 5.75 Å². The zero-order valence-corrected chi connectivity index (χ0v) is 10.2. The number of nitrogens with one attached hydrogen (secondary N) is 1. The molecule has 17 heavy (non-hydrogen) atoms. The van der Waals surface area contributed by atoms with Crippen molar-refractivity contribution in [2.75, 3.05) is 14.2 Å². The summed E-state index contributed by atoms with van der Waals surface area (Å²) < 4.78 is 29.7. The lowest BCUT2D eigenvalue weighted by Crippen LogP contribution is -2.20. The number of carboxylic acids is 1. The van der Waals surface area contributed by atoms with Gasteiger partial charge in [0, 0.05) is 0 Å². The second-order valence-corrected chi connectivity index (χ2v) is 5.23. The zero-order chi connectivity index (χ0) is 13.1. The van der Waals surface area contributed by atoms with Gasteiger partial charge >= 0.3 is 5.97 Å². The second-order valence-electron chi connectivity index (χ2n) is 3.30. The maximum absolute atomic E-state index is 11.3. The number of ether oxygens (including phenoxy) is 1. The average molecular weight is 259 g/mol. The summed E-state index contributed by atoms with van der Waals surface area (Å²) >= 11 is 0. The van der Waals surface area contributed by atoms with Crippen LogP contribution in [0.25, 0.3) is 0 Å². The lowest BCUT2D eigenvalue weighted by atomic mass is 10.1. The number of carbonyl (C=O) groups is 1. The predicted molar refractivity (Wildman–Crippen MR) is 61.6 cm³/mol. The molecule has 94 valence electrons. The Morgan fingerprint density at radius 1 is 1.47 bits per heavy atom. The molecule has 1 rings (SSSR count). The van der Waals surface area contributed by atoms with Crippen LogP contribution in [0.1, 0.15) is 15.9 Å². The molecule has 0 unspecified atom stereocenters. The van der Waals surface area contributed by atoms with E-state index in [4.69, 9.17) is 9.84 Å². The number of sulfonamides is 1. The molecular weight excluding hydrogens is 246 g/mol. The van der Waals surface area contributed by atoms with Crippen LogP contribution in [0.4, 0.5) is 0 Å². The van der Waals surface area contributed by atoms with Crippen LogP contribution in [0.3, 0.4) is 0 Å². The fourth-order valence-corrected chi connectivity index (χ4v) is 2.07. The molecule has 0 fully saturated rings. The number of aromatic carboxylic acids is 1. The normalized spacial score (nSPS) is 11.2. The fourth-order valence-electron chi connectivity index (χ4n) is 1.30. The molecule has 1 aromatic carbocycles. The van der Waals surface area contributed by atoms with Gasteiger partial charge in [-0.3, -0.25) is 0 Å². The van der Waals surface area contributed by atoms with Gasteiger partial charge in [-0.2, -0.15) is 0 Å². The Labute approximate surface area is 99.3 Å². The van der Waals surface area contributed by atoms with Gasteiger partial charge in [0.15, 0.2) is 0 Å². The maximum Gasteiger partial charge on any atom is 0.339 e. The number of rotatable bonds is 5. The van der Waals surface area contributed by atoms with E-state index in [0.29, 0.717) is 5.56 Å². The summed E-state index contributed by atoms with van der Waals surface area (Å²) in [5.74, 6) is -1.23. The van der Waals surface area contributed by atoms with Crippen molar-refractivity contribution in [1.82, 2.24) is 4.72 Å². The molecular formula is C10H13NO5S. The highest BCUT2D eigenvalue weighted by Gasteiger charge is 2.14. The number of carboxylic acid groups (broad SMARTS) is 1. The molecule has 0 amide bonds. The first-order valence-electron chi connectivity index (χ1n) is 4.71. The van der Waals surface area contributed by atoms with Crippen LogP contribution < -0.4 is 9.46 Å². The summed E-state index contributed by atoms with van der Waals surface area (Å²) in [4.78, 5) is 10.9. The minimum absolute atomic E-state index is 0.0590. The van der Waals surface area contributed by atoms with Gasteiger partial charge in [0.25, 0.3) is 0 Å². The summed E-state index contributed by atoms with van der Waals surface area (Å²) in [6, 6.07) is 4.24. The first-order chi connectivity index (χ1) is 7.89. The van der Waals surface area contributed by atoms with Crippen molar-refractivity contribution < 1.29 is 23.1 Å². The molecule has 1 aromatic rings. The minimum atomic E-state index is -3.42. The molecule has 0 saturated carbocycles. The van der Waals surface area contributed by atoms with Gasteiger partial charge < -0.3 is 9.84 Å². The summed E-state index contributed by atoms with van der Waals surface area (Å²) in [6.07, 6.45) is 0. The van der Waals surface area contributed by atoms with Crippen molar-refractivity contribution >= 4 is 16.0 Å². The molecule has 0 radical (unpaired) electrons. The number of benzene rings is 1. The fraction of sp³-hybridized carbons (Fsp3) is 0.300. The molecule has 0 aliphatic rings. The lowest BCUT2D eigenvalue weighted by molar-refractivity contribution is 0.0693. The van der Waals surface area contributed by atoms with Gasteiger partial charge in [0.1, 0.15) is 11.3 Å². The van der Waals surface area contributed by atoms with E-state index in [1.54, 1.807) is 0 Å². The standard InChI is InChI=1S/C10H13NO5S/c1-11-17(14,15)6-7-3-4-9(16-2)8(5-7)10(12)13/h3-5,11H,6H2,1-2H3,(H,12,13). The smallest absolute Gasteiger partial charge is 0.339 e. The van der Waals surface area contributed by atoms with Crippen molar-refractivity contribution in [3.05, 3.63) is 29.3 Å². The molecule has 0 atom stereocenters. The molecule has 0 heterocycles. The van der Waals surface area contributed by atoms with Gasteiger partial charge in [-0.15, -0.1) is 0 Å². The molecule has 7 heteroatoms. The number of hydrogen-bond acceptors (Lipinski definition) is 4. The third-order valence-electron chi connectivity index (χ3n) is 2.16.